The standard InChI is InChI=1S/C21H24ClN3O3S/c22-18-6-3-7-20(12-18)29(27,28)23-10-8-21(26)25-14-19(15-25)24-11-9-16-4-1-2-5-17(16)13-24/h1-7,12,19,23H,8-11,13-15H2. The van der Waals surface area contributed by atoms with E-state index in [0.717, 1.165) is 19.5 Å². The Morgan fingerprint density at radius 2 is 1.86 bits per heavy atom. The first-order chi connectivity index (χ1) is 13.9. The summed E-state index contributed by atoms with van der Waals surface area (Å²) < 4.78 is 27.0. The minimum Gasteiger partial charge on any atom is -0.339 e. The van der Waals surface area contributed by atoms with E-state index in [1.807, 2.05) is 0 Å². The fourth-order valence-corrected chi connectivity index (χ4v) is 5.22. The molecule has 6 nitrogen and oxygen atoms in total. The third-order valence-corrected chi connectivity index (χ3v) is 7.32. The highest BCUT2D eigenvalue weighted by Gasteiger charge is 2.35. The van der Waals surface area contributed by atoms with Crippen molar-refractivity contribution in [2.75, 3.05) is 26.2 Å². The van der Waals surface area contributed by atoms with Gasteiger partial charge in [-0.2, -0.15) is 0 Å². The Labute approximate surface area is 176 Å². The number of fused-ring (bicyclic) bond motifs is 1. The van der Waals surface area contributed by atoms with Crippen LogP contribution >= 0.6 is 11.6 Å². The van der Waals surface area contributed by atoms with Gasteiger partial charge in [0.15, 0.2) is 0 Å². The van der Waals surface area contributed by atoms with Crippen LogP contribution in [-0.4, -0.2) is 56.3 Å². The molecule has 1 amide bonds. The zero-order valence-electron chi connectivity index (χ0n) is 16.1. The van der Waals surface area contributed by atoms with E-state index in [1.165, 1.54) is 23.3 Å². The number of hydrogen-bond acceptors (Lipinski definition) is 4. The molecule has 0 saturated carbocycles. The number of carbonyl (C=O) groups excluding carboxylic acids is 1. The van der Waals surface area contributed by atoms with Crippen LogP contribution in [0.1, 0.15) is 17.5 Å². The van der Waals surface area contributed by atoms with Gasteiger partial charge in [0.2, 0.25) is 15.9 Å². The highest BCUT2D eigenvalue weighted by Crippen LogP contribution is 2.24. The Morgan fingerprint density at radius 1 is 1.10 bits per heavy atom. The van der Waals surface area contributed by atoms with Crippen LogP contribution in [0.2, 0.25) is 5.02 Å². The Morgan fingerprint density at radius 3 is 2.62 bits per heavy atom. The molecular weight excluding hydrogens is 410 g/mol. The van der Waals surface area contributed by atoms with Gasteiger partial charge in [-0.1, -0.05) is 41.9 Å². The first kappa shape index (κ1) is 20.3. The van der Waals surface area contributed by atoms with Crippen LogP contribution in [0.5, 0.6) is 0 Å². The van der Waals surface area contributed by atoms with Crippen LogP contribution in [0, 0.1) is 0 Å². The van der Waals surface area contributed by atoms with Crippen LogP contribution in [-0.2, 0) is 27.8 Å². The van der Waals surface area contributed by atoms with Gasteiger partial charge in [-0.05, 0) is 35.7 Å². The van der Waals surface area contributed by atoms with Gasteiger partial charge >= 0.3 is 0 Å². The van der Waals surface area contributed by atoms with E-state index in [9.17, 15) is 13.2 Å². The summed E-state index contributed by atoms with van der Waals surface area (Å²) in [6, 6.07) is 15.0. The number of benzene rings is 2. The topological polar surface area (TPSA) is 69.7 Å². The molecule has 4 rings (SSSR count). The van der Waals surface area contributed by atoms with Crippen LogP contribution in [0.15, 0.2) is 53.4 Å². The second-order valence-corrected chi connectivity index (χ2v) is 9.75. The molecule has 0 unspecified atom stereocenters. The van der Waals surface area contributed by atoms with E-state index in [-0.39, 0.29) is 23.8 Å². The summed E-state index contributed by atoms with van der Waals surface area (Å²) in [6.45, 7) is 3.45. The molecule has 1 saturated heterocycles. The van der Waals surface area contributed by atoms with E-state index < -0.39 is 10.0 Å². The highest BCUT2D eigenvalue weighted by atomic mass is 35.5. The van der Waals surface area contributed by atoms with Gasteiger partial charge in [-0.3, -0.25) is 9.69 Å². The summed E-state index contributed by atoms with van der Waals surface area (Å²) in [5, 5.41) is 0.357. The number of carbonyl (C=O) groups is 1. The van der Waals surface area contributed by atoms with Gasteiger partial charge < -0.3 is 4.90 Å². The smallest absolute Gasteiger partial charge is 0.240 e. The maximum Gasteiger partial charge on any atom is 0.240 e. The average Bonchev–Trinajstić information content (AvgIpc) is 2.66. The molecule has 2 aromatic rings. The van der Waals surface area contributed by atoms with Gasteiger partial charge in [0, 0.05) is 50.2 Å². The molecule has 2 heterocycles. The molecule has 0 atom stereocenters. The van der Waals surface area contributed by atoms with Crippen molar-refractivity contribution >= 4 is 27.5 Å². The molecule has 154 valence electrons. The van der Waals surface area contributed by atoms with Crippen molar-refractivity contribution in [3.8, 4) is 0 Å². The lowest BCUT2D eigenvalue weighted by Gasteiger charge is -2.47. The monoisotopic (exact) mass is 433 g/mol. The molecule has 1 fully saturated rings. The molecule has 0 aromatic heterocycles. The van der Waals surface area contributed by atoms with Gasteiger partial charge in [-0.25, -0.2) is 13.1 Å². The van der Waals surface area contributed by atoms with Crippen molar-refractivity contribution in [3.05, 3.63) is 64.7 Å². The molecule has 2 aliphatic heterocycles. The van der Waals surface area contributed by atoms with Gasteiger partial charge in [-0.15, -0.1) is 0 Å². The van der Waals surface area contributed by atoms with Crippen molar-refractivity contribution in [2.24, 2.45) is 0 Å². The van der Waals surface area contributed by atoms with Crippen molar-refractivity contribution in [1.82, 2.24) is 14.5 Å². The van der Waals surface area contributed by atoms with Crippen molar-refractivity contribution in [3.63, 3.8) is 0 Å². The van der Waals surface area contributed by atoms with Gasteiger partial charge in [0.25, 0.3) is 0 Å². The largest absolute Gasteiger partial charge is 0.339 e. The summed E-state index contributed by atoms with van der Waals surface area (Å²) >= 11 is 5.85. The first-order valence-electron chi connectivity index (χ1n) is 9.76. The normalized spacial score (nSPS) is 17.6. The molecular formula is C21H24ClN3O3S. The lowest BCUT2D eigenvalue weighted by atomic mass is 9.96. The average molecular weight is 434 g/mol. The third kappa shape index (κ3) is 4.64. The Kier molecular flexibility index (Phi) is 5.92. The van der Waals surface area contributed by atoms with Crippen molar-refractivity contribution in [1.29, 1.82) is 0 Å². The lowest BCUT2D eigenvalue weighted by Crippen LogP contribution is -2.61. The van der Waals surface area contributed by atoms with Crippen molar-refractivity contribution in [2.45, 2.75) is 30.3 Å². The number of nitrogens with one attached hydrogen (secondary N) is 1. The van der Waals surface area contributed by atoms with Crippen molar-refractivity contribution < 1.29 is 13.2 Å². The fourth-order valence-electron chi connectivity index (χ4n) is 3.89. The maximum absolute atomic E-state index is 12.4. The maximum atomic E-state index is 12.4. The zero-order chi connectivity index (χ0) is 20.4. The number of halogens is 1. The quantitative estimate of drug-likeness (QED) is 0.758. The molecule has 1 N–H and O–H groups in total. The molecule has 8 heteroatoms. The number of nitrogens with zero attached hydrogens (tertiary/aromatic N) is 2. The summed E-state index contributed by atoms with van der Waals surface area (Å²) in [6.07, 6.45) is 1.20. The van der Waals surface area contributed by atoms with E-state index in [2.05, 4.69) is 33.9 Å². The fraction of sp³-hybridized carbons (Fsp3) is 0.381. The van der Waals surface area contributed by atoms with Crippen LogP contribution in [0.4, 0.5) is 0 Å². The predicted molar refractivity (Wildman–Crippen MR) is 112 cm³/mol. The second kappa shape index (κ2) is 8.44. The van der Waals surface area contributed by atoms with E-state index in [0.29, 0.717) is 24.2 Å². The molecule has 29 heavy (non-hydrogen) atoms. The van der Waals surface area contributed by atoms with E-state index >= 15 is 0 Å². The summed E-state index contributed by atoms with van der Waals surface area (Å²) in [4.78, 5) is 16.7. The zero-order valence-corrected chi connectivity index (χ0v) is 17.6. The minimum atomic E-state index is -3.66. The first-order valence-corrected chi connectivity index (χ1v) is 11.6. The number of likely N-dealkylation sites (tertiary alicyclic amines) is 1. The summed E-state index contributed by atoms with van der Waals surface area (Å²) in [7, 11) is -3.66. The van der Waals surface area contributed by atoms with Gasteiger partial charge in [0.05, 0.1) is 4.90 Å². The number of sulfonamides is 1. The molecule has 2 aliphatic rings. The summed E-state index contributed by atoms with van der Waals surface area (Å²) in [5.41, 5.74) is 2.79. The lowest BCUT2D eigenvalue weighted by molar-refractivity contribution is -0.138. The van der Waals surface area contributed by atoms with Gasteiger partial charge in [0.1, 0.15) is 0 Å². The highest BCUT2D eigenvalue weighted by molar-refractivity contribution is 7.89. The third-order valence-electron chi connectivity index (χ3n) is 5.63. The molecule has 0 aliphatic carbocycles. The molecule has 0 bridgehead atoms. The Balaban J connectivity index is 1.22. The molecule has 0 radical (unpaired) electrons. The second-order valence-electron chi connectivity index (χ2n) is 7.55. The van der Waals surface area contributed by atoms with E-state index in [4.69, 9.17) is 11.6 Å². The van der Waals surface area contributed by atoms with E-state index in [1.54, 1.807) is 17.0 Å². The number of rotatable bonds is 6. The SMILES string of the molecule is O=C(CCNS(=O)(=O)c1cccc(Cl)c1)N1CC(N2CCc3ccccc3C2)C1. The summed E-state index contributed by atoms with van der Waals surface area (Å²) in [5.74, 6) is -0.0209. The van der Waals surface area contributed by atoms with Crippen LogP contribution in [0.3, 0.4) is 0 Å². The number of hydrogen-bond donors (Lipinski definition) is 1. The Hall–Kier alpha value is -1.93. The Bertz CT molecular complexity index is 1010. The van der Waals surface area contributed by atoms with Crippen LogP contribution < -0.4 is 4.72 Å². The van der Waals surface area contributed by atoms with Crippen LogP contribution in [0.25, 0.3) is 0 Å². The minimum absolute atomic E-state index is 0.0209. The number of amides is 1. The molecule has 0 spiro atoms. The molecule has 2 aromatic carbocycles. The predicted octanol–water partition coefficient (Wildman–Crippen LogP) is 2.28.